The smallest absolute Gasteiger partial charge is 0.276 e. The lowest BCUT2D eigenvalue weighted by Crippen LogP contribution is -2.57. The molecule has 7 heteroatoms. The van der Waals surface area contributed by atoms with E-state index in [4.69, 9.17) is 4.42 Å². The Labute approximate surface area is 151 Å². The van der Waals surface area contributed by atoms with Crippen molar-refractivity contribution in [2.45, 2.75) is 45.2 Å². The van der Waals surface area contributed by atoms with Crippen LogP contribution in [0.15, 0.2) is 34.9 Å². The molecule has 2 atom stereocenters. The summed E-state index contributed by atoms with van der Waals surface area (Å²) in [6, 6.07) is 5.82. The number of aryl methyl sites for hydroxylation is 1. The number of carbonyl (C=O) groups excluding carboxylic acids is 2. The highest BCUT2D eigenvalue weighted by Crippen LogP contribution is 2.24. The number of piperidine rings is 1. The molecule has 1 saturated heterocycles. The Morgan fingerprint density at radius 3 is 2.69 bits per heavy atom. The average Bonchev–Trinajstić information content (AvgIpc) is 3.03. The van der Waals surface area contributed by atoms with Gasteiger partial charge in [0, 0.05) is 26.4 Å². The molecule has 0 unspecified atom stereocenters. The number of hydrogen-bond acceptors (Lipinski definition) is 4. The van der Waals surface area contributed by atoms with Crippen LogP contribution in [0, 0.1) is 12.7 Å². The number of benzene rings is 1. The van der Waals surface area contributed by atoms with Gasteiger partial charge in [-0.05, 0) is 37.0 Å². The molecule has 1 aliphatic rings. The third-order valence-corrected chi connectivity index (χ3v) is 4.62. The molecule has 3 rings (SSSR count). The molecule has 1 N–H and O–H groups in total. The molecule has 6 nitrogen and oxygen atoms in total. The molecule has 0 bridgehead atoms. The fourth-order valence-electron chi connectivity index (χ4n) is 3.46. The van der Waals surface area contributed by atoms with Gasteiger partial charge in [-0.1, -0.05) is 12.1 Å². The Kier molecular flexibility index (Phi) is 5.35. The summed E-state index contributed by atoms with van der Waals surface area (Å²) in [6.07, 6.45) is 3.45. The summed E-state index contributed by atoms with van der Waals surface area (Å²) >= 11 is 0. The second-order valence-electron chi connectivity index (χ2n) is 6.60. The maximum Gasteiger partial charge on any atom is 0.276 e. The summed E-state index contributed by atoms with van der Waals surface area (Å²) in [5.41, 5.74) is 1.16. The van der Waals surface area contributed by atoms with E-state index in [9.17, 15) is 14.0 Å². The van der Waals surface area contributed by atoms with Crippen molar-refractivity contribution in [1.82, 2.24) is 15.2 Å². The molecule has 1 fully saturated rings. The number of oxazole rings is 1. The van der Waals surface area contributed by atoms with Gasteiger partial charge in [-0.2, -0.15) is 0 Å². The standard InChI is InChI=1S/C19H22FN3O3/c1-12(24)21-16-4-3-9-23(19(25)17-11-26-13(2)22-17)18(16)10-14-5-7-15(20)8-6-14/h5-8,11,16,18H,3-4,9-10H2,1-2H3,(H,21,24)/t16-,18-/m0/s1. The molecule has 0 radical (unpaired) electrons. The molecule has 2 amide bonds. The first-order valence-corrected chi connectivity index (χ1v) is 8.68. The normalized spacial score (nSPS) is 20.0. The van der Waals surface area contributed by atoms with Gasteiger partial charge >= 0.3 is 0 Å². The van der Waals surface area contributed by atoms with E-state index in [0.29, 0.717) is 18.9 Å². The SMILES string of the molecule is CC(=O)N[C@H]1CCCN(C(=O)c2coc(C)n2)[C@H]1Cc1ccc(F)cc1. The van der Waals surface area contributed by atoms with Crippen LogP contribution in [-0.2, 0) is 11.2 Å². The highest BCUT2D eigenvalue weighted by atomic mass is 19.1. The van der Waals surface area contributed by atoms with Crippen LogP contribution in [0.4, 0.5) is 4.39 Å². The predicted molar refractivity (Wildman–Crippen MR) is 93.0 cm³/mol. The van der Waals surface area contributed by atoms with E-state index in [2.05, 4.69) is 10.3 Å². The van der Waals surface area contributed by atoms with E-state index in [1.54, 1.807) is 24.0 Å². The van der Waals surface area contributed by atoms with Crippen LogP contribution in [0.3, 0.4) is 0 Å². The minimum atomic E-state index is -0.304. The summed E-state index contributed by atoms with van der Waals surface area (Å²) in [4.78, 5) is 30.4. The minimum Gasteiger partial charge on any atom is -0.448 e. The Bertz CT molecular complexity index is 788. The number of hydrogen-bond donors (Lipinski definition) is 1. The molecule has 0 spiro atoms. The quantitative estimate of drug-likeness (QED) is 0.910. The van der Waals surface area contributed by atoms with Crippen LogP contribution in [0.1, 0.15) is 41.7 Å². The van der Waals surface area contributed by atoms with Crippen molar-refractivity contribution in [1.29, 1.82) is 0 Å². The van der Waals surface area contributed by atoms with E-state index in [1.165, 1.54) is 25.3 Å². The summed E-state index contributed by atoms with van der Waals surface area (Å²) < 4.78 is 18.4. The second-order valence-corrected chi connectivity index (χ2v) is 6.60. The van der Waals surface area contributed by atoms with Gasteiger partial charge in [0.1, 0.15) is 12.1 Å². The number of halogens is 1. The second kappa shape index (κ2) is 7.68. The fourth-order valence-corrected chi connectivity index (χ4v) is 3.46. The van der Waals surface area contributed by atoms with Gasteiger partial charge in [-0.15, -0.1) is 0 Å². The molecular formula is C19H22FN3O3. The maximum absolute atomic E-state index is 13.2. The first kappa shape index (κ1) is 18.1. The van der Waals surface area contributed by atoms with E-state index in [1.807, 2.05) is 0 Å². The first-order chi connectivity index (χ1) is 12.4. The lowest BCUT2D eigenvalue weighted by molar-refractivity contribution is -0.120. The highest BCUT2D eigenvalue weighted by Gasteiger charge is 2.36. The molecule has 2 heterocycles. The van der Waals surface area contributed by atoms with E-state index in [0.717, 1.165) is 18.4 Å². The van der Waals surface area contributed by atoms with Crippen molar-refractivity contribution in [3.05, 3.63) is 53.5 Å². The third kappa shape index (κ3) is 4.09. The molecule has 26 heavy (non-hydrogen) atoms. The summed E-state index contributed by atoms with van der Waals surface area (Å²) in [5.74, 6) is -0.227. The van der Waals surface area contributed by atoms with Gasteiger partial charge in [0.2, 0.25) is 5.91 Å². The third-order valence-electron chi connectivity index (χ3n) is 4.62. The van der Waals surface area contributed by atoms with Crippen LogP contribution in [-0.4, -0.2) is 40.3 Å². The zero-order valence-corrected chi connectivity index (χ0v) is 14.9. The Morgan fingerprint density at radius 2 is 2.08 bits per heavy atom. The lowest BCUT2D eigenvalue weighted by Gasteiger charge is -2.41. The number of rotatable bonds is 4. The van der Waals surface area contributed by atoms with Gasteiger partial charge < -0.3 is 14.6 Å². The van der Waals surface area contributed by atoms with Gasteiger partial charge in [-0.25, -0.2) is 9.37 Å². The molecule has 1 aromatic carbocycles. The molecule has 1 aromatic heterocycles. The van der Waals surface area contributed by atoms with E-state index < -0.39 is 0 Å². The average molecular weight is 359 g/mol. The molecule has 0 saturated carbocycles. The van der Waals surface area contributed by atoms with Crippen LogP contribution < -0.4 is 5.32 Å². The van der Waals surface area contributed by atoms with Gasteiger partial charge in [-0.3, -0.25) is 9.59 Å². The van der Waals surface area contributed by atoms with Crippen molar-refractivity contribution >= 4 is 11.8 Å². The van der Waals surface area contributed by atoms with E-state index >= 15 is 0 Å². The number of likely N-dealkylation sites (tertiary alicyclic amines) is 1. The van der Waals surface area contributed by atoms with Crippen LogP contribution in [0.5, 0.6) is 0 Å². The summed E-state index contributed by atoms with van der Waals surface area (Å²) in [5, 5.41) is 2.95. The first-order valence-electron chi connectivity index (χ1n) is 8.68. The monoisotopic (exact) mass is 359 g/mol. The number of nitrogens with zero attached hydrogens (tertiary/aromatic N) is 2. The molecule has 1 aliphatic heterocycles. The molecule has 0 aliphatic carbocycles. The number of amides is 2. The Hall–Kier alpha value is -2.70. The van der Waals surface area contributed by atoms with Crippen LogP contribution >= 0.6 is 0 Å². The number of aromatic nitrogens is 1. The Balaban J connectivity index is 1.87. The lowest BCUT2D eigenvalue weighted by atomic mass is 9.90. The van der Waals surface area contributed by atoms with Crippen LogP contribution in [0.2, 0.25) is 0 Å². The van der Waals surface area contributed by atoms with Crippen molar-refractivity contribution in [2.24, 2.45) is 0 Å². The summed E-state index contributed by atoms with van der Waals surface area (Å²) in [7, 11) is 0. The van der Waals surface area contributed by atoms with Crippen molar-refractivity contribution < 1.29 is 18.4 Å². The van der Waals surface area contributed by atoms with Crippen molar-refractivity contribution in [3.63, 3.8) is 0 Å². The van der Waals surface area contributed by atoms with E-state index in [-0.39, 0.29) is 35.4 Å². The molecule has 2 aromatic rings. The number of carbonyl (C=O) groups is 2. The van der Waals surface area contributed by atoms with Crippen LogP contribution in [0.25, 0.3) is 0 Å². The largest absolute Gasteiger partial charge is 0.448 e. The zero-order chi connectivity index (χ0) is 18.7. The minimum absolute atomic E-state index is 0.134. The summed E-state index contributed by atoms with van der Waals surface area (Å²) in [6.45, 7) is 3.73. The predicted octanol–water partition coefficient (Wildman–Crippen LogP) is 2.47. The fraction of sp³-hybridized carbons (Fsp3) is 0.421. The van der Waals surface area contributed by atoms with Gasteiger partial charge in [0.15, 0.2) is 11.6 Å². The van der Waals surface area contributed by atoms with Gasteiger partial charge in [0.05, 0.1) is 6.04 Å². The van der Waals surface area contributed by atoms with Crippen molar-refractivity contribution in [3.8, 4) is 0 Å². The molecule has 138 valence electrons. The Morgan fingerprint density at radius 1 is 1.35 bits per heavy atom. The zero-order valence-electron chi connectivity index (χ0n) is 14.9. The molecular weight excluding hydrogens is 337 g/mol. The van der Waals surface area contributed by atoms with Gasteiger partial charge in [0.25, 0.3) is 5.91 Å². The number of nitrogens with one attached hydrogen (secondary N) is 1. The highest BCUT2D eigenvalue weighted by molar-refractivity contribution is 5.92. The maximum atomic E-state index is 13.2. The topological polar surface area (TPSA) is 75.4 Å². The van der Waals surface area contributed by atoms with Crippen molar-refractivity contribution in [2.75, 3.05) is 6.54 Å².